The molecular weight excluding hydrogens is 499 g/mol. The minimum Gasteiger partial charge on any atom is -0.467 e. The van der Waals surface area contributed by atoms with E-state index in [1.807, 2.05) is 27.7 Å². The van der Waals surface area contributed by atoms with Crippen molar-refractivity contribution in [3.8, 4) is 0 Å². The molecule has 0 aliphatic carbocycles. The van der Waals surface area contributed by atoms with Crippen LogP contribution in [0.2, 0.25) is 6.32 Å². The van der Waals surface area contributed by atoms with Crippen molar-refractivity contribution in [3.05, 3.63) is 35.6 Å². The number of carbonyl (C=O) groups is 2. The van der Waals surface area contributed by atoms with Crippen LogP contribution in [0.25, 0.3) is 0 Å². The molecule has 2 atom stereocenters. The zero-order valence-electron chi connectivity index (χ0n) is 21.4. The van der Waals surface area contributed by atoms with E-state index in [0.717, 1.165) is 19.2 Å². The van der Waals surface area contributed by atoms with Crippen molar-refractivity contribution < 1.29 is 45.9 Å². The van der Waals surface area contributed by atoms with Crippen LogP contribution in [0.15, 0.2) is 29.3 Å². The summed E-state index contributed by atoms with van der Waals surface area (Å²) in [5, 5.41) is 0. The molecule has 0 unspecified atom stereocenters. The summed E-state index contributed by atoms with van der Waals surface area (Å²) in [5.74, 6) is -2.64. The lowest BCUT2D eigenvalue weighted by atomic mass is 9.78. The molecule has 2 heterocycles. The van der Waals surface area contributed by atoms with E-state index in [-0.39, 0.29) is 25.1 Å². The van der Waals surface area contributed by atoms with Crippen LogP contribution in [-0.2, 0) is 23.6 Å². The Morgan fingerprint density at radius 1 is 1.16 bits per heavy atom. The van der Waals surface area contributed by atoms with E-state index in [2.05, 4.69) is 9.73 Å². The van der Waals surface area contributed by atoms with Crippen molar-refractivity contribution in [1.82, 2.24) is 4.90 Å². The second-order valence-electron chi connectivity index (χ2n) is 10.2. The van der Waals surface area contributed by atoms with Gasteiger partial charge in [-0.2, -0.15) is 0 Å². The number of amides is 1. The standard InChI is InChI=1S/C24H31BF4N2O6/c1-21(2)22(3,4)37-25(36-21)12-6-7-17-13-31(19(32)16-8-10-18(26)11-9-16)14-23(17,20(33)34-5)30-15-35-24(27,28)29/h8-11,15,17H,6-7,12-14H2,1-5H3/t17-,23-/m0/s1. The number of esters is 1. The SMILES string of the molecule is COC(=O)[C@]1(N=COC(F)(F)F)CN(C(=O)c2ccc(F)cc2)C[C@@H]1CCCB1OC(C)(C)C(C)(C)O1. The van der Waals surface area contributed by atoms with Gasteiger partial charge in [-0.3, -0.25) is 4.79 Å². The number of aliphatic imine (C=N–C) groups is 1. The van der Waals surface area contributed by atoms with Gasteiger partial charge in [0.25, 0.3) is 5.91 Å². The molecule has 1 aromatic carbocycles. The molecular formula is C24H31BF4N2O6. The van der Waals surface area contributed by atoms with Crippen molar-refractivity contribution in [1.29, 1.82) is 0 Å². The Kier molecular flexibility index (Phi) is 8.28. The number of hydrogen-bond acceptors (Lipinski definition) is 7. The number of halogens is 4. The first-order chi connectivity index (χ1) is 17.1. The Morgan fingerprint density at radius 2 is 1.76 bits per heavy atom. The molecule has 0 radical (unpaired) electrons. The highest BCUT2D eigenvalue weighted by atomic mass is 19.4. The van der Waals surface area contributed by atoms with E-state index in [4.69, 9.17) is 14.0 Å². The number of rotatable bonds is 8. The highest BCUT2D eigenvalue weighted by molar-refractivity contribution is 6.45. The summed E-state index contributed by atoms with van der Waals surface area (Å²) in [5.41, 5.74) is -2.73. The van der Waals surface area contributed by atoms with Gasteiger partial charge in [0.15, 0.2) is 11.9 Å². The molecule has 3 rings (SSSR count). The highest BCUT2D eigenvalue weighted by Gasteiger charge is 2.55. The summed E-state index contributed by atoms with van der Waals surface area (Å²) in [4.78, 5) is 31.2. The minimum absolute atomic E-state index is 0.0119. The van der Waals surface area contributed by atoms with Gasteiger partial charge in [-0.05, 0) is 64.7 Å². The van der Waals surface area contributed by atoms with Gasteiger partial charge in [0, 0.05) is 18.0 Å². The van der Waals surface area contributed by atoms with Gasteiger partial charge in [0.05, 0.1) is 24.9 Å². The topological polar surface area (TPSA) is 86.7 Å². The van der Waals surface area contributed by atoms with Gasteiger partial charge in [-0.1, -0.05) is 6.42 Å². The fourth-order valence-electron chi connectivity index (χ4n) is 4.56. The highest BCUT2D eigenvalue weighted by Crippen LogP contribution is 2.40. The lowest BCUT2D eigenvalue weighted by Gasteiger charge is -2.32. The number of ether oxygens (including phenoxy) is 2. The number of hydrogen-bond donors (Lipinski definition) is 0. The zero-order valence-corrected chi connectivity index (χ0v) is 21.4. The van der Waals surface area contributed by atoms with E-state index in [1.54, 1.807) is 0 Å². The minimum atomic E-state index is -5.00. The van der Waals surface area contributed by atoms with Gasteiger partial charge >= 0.3 is 19.5 Å². The molecule has 204 valence electrons. The van der Waals surface area contributed by atoms with Crippen LogP contribution in [0.5, 0.6) is 0 Å². The first kappa shape index (κ1) is 28.9. The van der Waals surface area contributed by atoms with Gasteiger partial charge < -0.3 is 23.7 Å². The number of likely N-dealkylation sites (tertiary alicyclic amines) is 1. The summed E-state index contributed by atoms with van der Waals surface area (Å²) in [6.45, 7) is 7.34. The zero-order chi connectivity index (χ0) is 27.6. The van der Waals surface area contributed by atoms with Crippen molar-refractivity contribution >= 4 is 25.4 Å². The molecule has 0 aromatic heterocycles. The number of alkyl halides is 3. The van der Waals surface area contributed by atoms with E-state index in [9.17, 15) is 27.2 Å². The fraction of sp³-hybridized carbons (Fsp3) is 0.625. The maximum Gasteiger partial charge on any atom is 0.573 e. The number of methoxy groups -OCH3 is 1. The van der Waals surface area contributed by atoms with E-state index < -0.39 is 53.8 Å². The van der Waals surface area contributed by atoms with Crippen LogP contribution in [0.1, 0.15) is 50.9 Å². The maximum atomic E-state index is 13.3. The summed E-state index contributed by atoms with van der Waals surface area (Å²) in [7, 11) is 0.587. The molecule has 0 N–H and O–H groups in total. The van der Waals surface area contributed by atoms with Crippen LogP contribution < -0.4 is 0 Å². The van der Waals surface area contributed by atoms with E-state index >= 15 is 0 Å². The monoisotopic (exact) mass is 530 g/mol. The van der Waals surface area contributed by atoms with Gasteiger partial charge in [0.1, 0.15) is 5.82 Å². The first-order valence-corrected chi connectivity index (χ1v) is 11.9. The Bertz CT molecular complexity index is 1000. The average molecular weight is 530 g/mol. The number of nitrogens with zero attached hydrogens (tertiary/aromatic N) is 2. The predicted octanol–water partition coefficient (Wildman–Crippen LogP) is 4.25. The van der Waals surface area contributed by atoms with Crippen LogP contribution in [0, 0.1) is 11.7 Å². The molecule has 0 saturated carbocycles. The molecule has 2 fully saturated rings. The Balaban J connectivity index is 1.82. The van der Waals surface area contributed by atoms with Gasteiger partial charge in [-0.25, -0.2) is 14.2 Å². The smallest absolute Gasteiger partial charge is 0.467 e. The Hall–Kier alpha value is -2.67. The predicted molar refractivity (Wildman–Crippen MR) is 126 cm³/mol. The van der Waals surface area contributed by atoms with Crippen LogP contribution in [0.4, 0.5) is 17.6 Å². The van der Waals surface area contributed by atoms with Crippen molar-refractivity contribution in [2.24, 2.45) is 10.9 Å². The molecule has 13 heteroatoms. The quantitative estimate of drug-likeness (QED) is 0.164. The Morgan fingerprint density at radius 3 is 2.30 bits per heavy atom. The molecule has 2 aliphatic rings. The molecule has 1 aromatic rings. The average Bonchev–Trinajstić information content (AvgIpc) is 3.26. The summed E-state index contributed by atoms with van der Waals surface area (Å²) in [6, 6.07) is 4.82. The number of carbonyl (C=O) groups excluding carboxylic acids is 2. The summed E-state index contributed by atoms with van der Waals surface area (Å²) >= 11 is 0. The summed E-state index contributed by atoms with van der Waals surface area (Å²) in [6.07, 6.45) is -3.61. The second-order valence-corrected chi connectivity index (χ2v) is 10.2. The summed E-state index contributed by atoms with van der Waals surface area (Å²) < 4.78 is 71.9. The van der Waals surface area contributed by atoms with Crippen molar-refractivity contribution in [2.45, 2.75) is 70.0 Å². The molecule has 0 spiro atoms. The maximum absolute atomic E-state index is 13.3. The van der Waals surface area contributed by atoms with Gasteiger partial charge in [-0.15, -0.1) is 13.2 Å². The van der Waals surface area contributed by atoms with Crippen LogP contribution >= 0.6 is 0 Å². The van der Waals surface area contributed by atoms with Crippen molar-refractivity contribution in [2.75, 3.05) is 20.2 Å². The number of benzene rings is 1. The van der Waals surface area contributed by atoms with Crippen molar-refractivity contribution in [3.63, 3.8) is 0 Å². The molecule has 0 bridgehead atoms. The third-order valence-corrected chi connectivity index (χ3v) is 7.23. The third-order valence-electron chi connectivity index (χ3n) is 7.23. The Labute approximate surface area is 213 Å². The van der Waals surface area contributed by atoms with E-state index in [1.165, 1.54) is 17.0 Å². The first-order valence-electron chi connectivity index (χ1n) is 11.9. The molecule has 1 amide bonds. The second kappa shape index (κ2) is 10.6. The lowest BCUT2D eigenvalue weighted by molar-refractivity contribution is -0.280. The molecule has 8 nitrogen and oxygen atoms in total. The largest absolute Gasteiger partial charge is 0.573 e. The van der Waals surface area contributed by atoms with Crippen LogP contribution in [0.3, 0.4) is 0 Å². The third kappa shape index (κ3) is 6.43. The van der Waals surface area contributed by atoms with Gasteiger partial charge in [0.2, 0.25) is 0 Å². The van der Waals surface area contributed by atoms with Crippen LogP contribution in [-0.4, -0.2) is 73.6 Å². The lowest BCUT2D eigenvalue weighted by Crippen LogP contribution is -2.46. The molecule has 37 heavy (non-hydrogen) atoms. The molecule has 2 saturated heterocycles. The van der Waals surface area contributed by atoms with E-state index in [0.29, 0.717) is 19.2 Å². The normalized spacial score (nSPS) is 25.1. The fourth-order valence-corrected chi connectivity index (χ4v) is 4.56. The molecule has 2 aliphatic heterocycles.